The predicted octanol–water partition coefficient (Wildman–Crippen LogP) is 1.87. The maximum atomic E-state index is 4.20. The summed E-state index contributed by atoms with van der Waals surface area (Å²) >= 11 is 1.99. The number of aryl methyl sites for hydroxylation is 1. The largest absolute Gasteiger partial charge is 0.333 e. The molecule has 0 radical (unpaired) electrons. The molecule has 0 spiro atoms. The van der Waals surface area contributed by atoms with Crippen LogP contribution in [0.1, 0.15) is 24.9 Å². The van der Waals surface area contributed by atoms with Crippen molar-refractivity contribution in [2.24, 2.45) is 5.92 Å². The van der Waals surface area contributed by atoms with Gasteiger partial charge in [-0.15, -0.1) is 11.8 Å². The van der Waals surface area contributed by atoms with Crippen LogP contribution >= 0.6 is 11.8 Å². The Balaban J connectivity index is 2.08. The van der Waals surface area contributed by atoms with E-state index in [0.717, 1.165) is 19.0 Å². The minimum Gasteiger partial charge on any atom is -0.333 e. The van der Waals surface area contributed by atoms with Gasteiger partial charge < -0.3 is 9.88 Å². The van der Waals surface area contributed by atoms with Crippen molar-refractivity contribution in [3.05, 3.63) is 18.2 Å². The Morgan fingerprint density at radius 1 is 1.71 bits per heavy atom. The molecule has 2 heterocycles. The second-order valence-electron chi connectivity index (χ2n) is 3.83. The van der Waals surface area contributed by atoms with Gasteiger partial charge in [0.1, 0.15) is 0 Å². The number of thioether (sulfide) groups is 1. The highest BCUT2D eigenvalue weighted by molar-refractivity contribution is 7.99. The van der Waals surface area contributed by atoms with Gasteiger partial charge in [0, 0.05) is 6.54 Å². The van der Waals surface area contributed by atoms with Crippen molar-refractivity contribution in [1.82, 2.24) is 14.9 Å². The average Bonchev–Trinajstić information content (AvgIpc) is 2.67. The first kappa shape index (κ1) is 10.1. The zero-order chi connectivity index (χ0) is 9.97. The summed E-state index contributed by atoms with van der Waals surface area (Å²) < 4.78 is 2.21. The van der Waals surface area contributed by atoms with E-state index in [9.17, 15) is 0 Å². The smallest absolute Gasteiger partial charge is 0.0958 e. The maximum Gasteiger partial charge on any atom is 0.0958 e. The van der Waals surface area contributed by atoms with Crippen molar-refractivity contribution >= 4 is 11.8 Å². The highest BCUT2D eigenvalue weighted by atomic mass is 32.2. The van der Waals surface area contributed by atoms with Crippen LogP contribution in [0.15, 0.2) is 12.5 Å². The molecule has 14 heavy (non-hydrogen) atoms. The quantitative estimate of drug-likeness (QED) is 0.810. The molecule has 78 valence electrons. The number of rotatable bonds is 2. The van der Waals surface area contributed by atoms with E-state index in [1.165, 1.54) is 11.4 Å². The van der Waals surface area contributed by atoms with Crippen molar-refractivity contribution in [3.63, 3.8) is 0 Å². The predicted molar refractivity (Wildman–Crippen MR) is 60.3 cm³/mol. The van der Waals surface area contributed by atoms with Gasteiger partial charge in [0.15, 0.2) is 0 Å². The van der Waals surface area contributed by atoms with Gasteiger partial charge >= 0.3 is 0 Å². The molecule has 4 heteroatoms. The van der Waals surface area contributed by atoms with Crippen LogP contribution < -0.4 is 5.32 Å². The molecule has 1 aliphatic rings. The molecule has 1 N–H and O–H groups in total. The Labute approximate surface area is 89.3 Å². The number of aromatic nitrogens is 2. The molecule has 0 bridgehead atoms. The lowest BCUT2D eigenvalue weighted by molar-refractivity contribution is 0.513. The first-order chi connectivity index (χ1) is 6.81. The zero-order valence-corrected chi connectivity index (χ0v) is 9.55. The Bertz CT molecular complexity index is 289. The van der Waals surface area contributed by atoms with E-state index in [4.69, 9.17) is 0 Å². The Morgan fingerprint density at radius 3 is 3.21 bits per heavy atom. The summed E-state index contributed by atoms with van der Waals surface area (Å²) in [4.78, 5) is 4.20. The average molecular weight is 211 g/mol. The maximum absolute atomic E-state index is 4.20. The standard InChI is InChI=1S/C10H17N3S/c1-3-13-7-11-5-9(13)10-12-4-8(2)6-14-10/h5,7-8,10,12H,3-4,6H2,1-2H3. The van der Waals surface area contributed by atoms with E-state index in [1.807, 2.05) is 24.3 Å². The van der Waals surface area contributed by atoms with Crippen LogP contribution in [0, 0.1) is 5.92 Å². The van der Waals surface area contributed by atoms with Crippen LogP contribution in [0.5, 0.6) is 0 Å². The molecule has 2 unspecified atom stereocenters. The molecule has 0 amide bonds. The molecule has 3 nitrogen and oxygen atoms in total. The molecule has 1 aromatic heterocycles. The molecule has 0 aliphatic carbocycles. The normalized spacial score (nSPS) is 27.9. The van der Waals surface area contributed by atoms with E-state index in [0.29, 0.717) is 5.37 Å². The topological polar surface area (TPSA) is 29.9 Å². The lowest BCUT2D eigenvalue weighted by atomic mass is 10.2. The second kappa shape index (κ2) is 4.36. The fourth-order valence-corrected chi connectivity index (χ4v) is 2.91. The lowest BCUT2D eigenvalue weighted by Gasteiger charge is -2.27. The highest BCUT2D eigenvalue weighted by Gasteiger charge is 2.21. The summed E-state index contributed by atoms with van der Waals surface area (Å²) in [5.41, 5.74) is 1.31. The molecule has 2 atom stereocenters. The first-order valence-corrected chi connectivity index (χ1v) is 6.21. The summed E-state index contributed by atoms with van der Waals surface area (Å²) in [6.07, 6.45) is 3.89. The van der Waals surface area contributed by atoms with E-state index in [2.05, 4.69) is 28.7 Å². The first-order valence-electron chi connectivity index (χ1n) is 5.16. The van der Waals surface area contributed by atoms with Gasteiger partial charge in [-0.25, -0.2) is 4.98 Å². The molecule has 1 saturated heterocycles. The van der Waals surface area contributed by atoms with Crippen molar-refractivity contribution in [1.29, 1.82) is 0 Å². The van der Waals surface area contributed by atoms with Crippen LogP contribution in [-0.2, 0) is 6.54 Å². The van der Waals surface area contributed by atoms with Crippen LogP contribution in [0.4, 0.5) is 0 Å². The number of imidazole rings is 1. The summed E-state index contributed by atoms with van der Waals surface area (Å²) in [5.74, 6) is 2.03. The molecule has 0 aromatic carbocycles. The molecule has 1 aromatic rings. The van der Waals surface area contributed by atoms with Gasteiger partial charge in [0.25, 0.3) is 0 Å². The number of nitrogens with zero attached hydrogens (tertiary/aromatic N) is 2. The monoisotopic (exact) mass is 211 g/mol. The van der Waals surface area contributed by atoms with Crippen molar-refractivity contribution in [3.8, 4) is 0 Å². The van der Waals surface area contributed by atoms with Crippen LogP contribution in [0.25, 0.3) is 0 Å². The Hall–Kier alpha value is -0.480. The molecular weight excluding hydrogens is 194 g/mol. The molecule has 1 aliphatic heterocycles. The minimum atomic E-state index is 0.439. The van der Waals surface area contributed by atoms with Crippen molar-refractivity contribution in [2.75, 3.05) is 12.3 Å². The van der Waals surface area contributed by atoms with Crippen LogP contribution in [-0.4, -0.2) is 21.8 Å². The van der Waals surface area contributed by atoms with Gasteiger partial charge in [-0.05, 0) is 25.1 Å². The van der Waals surface area contributed by atoms with Crippen LogP contribution in [0.2, 0.25) is 0 Å². The summed E-state index contributed by atoms with van der Waals surface area (Å²) in [7, 11) is 0. The van der Waals surface area contributed by atoms with Gasteiger partial charge in [-0.1, -0.05) is 6.92 Å². The van der Waals surface area contributed by atoms with E-state index < -0.39 is 0 Å². The number of hydrogen-bond acceptors (Lipinski definition) is 3. The van der Waals surface area contributed by atoms with Crippen molar-refractivity contribution < 1.29 is 0 Å². The minimum absolute atomic E-state index is 0.439. The van der Waals surface area contributed by atoms with E-state index >= 15 is 0 Å². The highest BCUT2D eigenvalue weighted by Crippen LogP contribution is 2.30. The van der Waals surface area contributed by atoms with E-state index in [1.54, 1.807) is 0 Å². The van der Waals surface area contributed by atoms with Crippen LogP contribution in [0.3, 0.4) is 0 Å². The van der Waals surface area contributed by atoms with Gasteiger partial charge in [0.05, 0.1) is 23.6 Å². The third-order valence-electron chi connectivity index (χ3n) is 2.55. The third-order valence-corrected chi connectivity index (χ3v) is 4.06. The summed E-state index contributed by atoms with van der Waals surface area (Å²) in [6, 6.07) is 0. The molecule has 2 rings (SSSR count). The Kier molecular flexibility index (Phi) is 3.13. The van der Waals surface area contributed by atoms with Gasteiger partial charge in [-0.2, -0.15) is 0 Å². The SMILES string of the molecule is CCn1cncc1C1NCC(C)CS1. The lowest BCUT2D eigenvalue weighted by Crippen LogP contribution is -2.32. The fourth-order valence-electron chi connectivity index (χ4n) is 1.69. The molecular formula is C10H17N3S. The van der Waals surface area contributed by atoms with E-state index in [-0.39, 0.29) is 0 Å². The Morgan fingerprint density at radius 2 is 2.57 bits per heavy atom. The summed E-state index contributed by atoms with van der Waals surface area (Å²) in [6.45, 7) is 6.56. The van der Waals surface area contributed by atoms with Crippen molar-refractivity contribution in [2.45, 2.75) is 25.8 Å². The second-order valence-corrected chi connectivity index (χ2v) is 4.97. The summed E-state index contributed by atoms with van der Waals surface area (Å²) in [5, 5.41) is 3.99. The number of hydrogen-bond donors (Lipinski definition) is 1. The molecule has 0 saturated carbocycles. The third kappa shape index (κ3) is 1.96. The number of nitrogens with one attached hydrogen (secondary N) is 1. The molecule has 1 fully saturated rings. The fraction of sp³-hybridized carbons (Fsp3) is 0.700. The van der Waals surface area contributed by atoms with Gasteiger partial charge in [0.2, 0.25) is 0 Å². The zero-order valence-electron chi connectivity index (χ0n) is 8.73. The van der Waals surface area contributed by atoms with Gasteiger partial charge in [-0.3, -0.25) is 0 Å².